The first-order valence-corrected chi connectivity index (χ1v) is 8.21. The molecular weight excluding hydrogens is 365 g/mol. The number of hydrogen-bond acceptors (Lipinski definition) is 5. The van der Waals surface area contributed by atoms with Gasteiger partial charge in [-0.3, -0.25) is 4.79 Å². The highest BCUT2D eigenvalue weighted by Crippen LogP contribution is 2.30. The molecule has 2 aliphatic rings. The Morgan fingerprint density at radius 2 is 2.07 bits per heavy atom. The molecular formula is C18H17F3N2O4. The van der Waals surface area contributed by atoms with Crippen molar-refractivity contribution in [2.24, 2.45) is 0 Å². The van der Waals surface area contributed by atoms with Crippen LogP contribution in [0.2, 0.25) is 0 Å². The van der Waals surface area contributed by atoms with Crippen LogP contribution in [0.4, 0.5) is 18.9 Å². The third-order valence-corrected chi connectivity index (χ3v) is 4.26. The Morgan fingerprint density at radius 1 is 1.30 bits per heavy atom. The van der Waals surface area contributed by atoms with Crippen molar-refractivity contribution in [3.8, 4) is 5.75 Å². The van der Waals surface area contributed by atoms with Gasteiger partial charge in [-0.15, -0.1) is 13.2 Å². The van der Waals surface area contributed by atoms with Crippen molar-refractivity contribution < 1.29 is 32.2 Å². The standard InChI is InChI=1S/C18H17F3N2O4/c1-26-17(25)12-9-11(27-18(19,20)21)6-7-14(12)23-16(24)15-8-10-4-2-3-5-13(10)22-15/h3,5-7,9,15,22H,2,4,8H2,1H3,(H,23,24). The van der Waals surface area contributed by atoms with Gasteiger partial charge in [-0.2, -0.15) is 0 Å². The lowest BCUT2D eigenvalue weighted by Gasteiger charge is -2.16. The summed E-state index contributed by atoms with van der Waals surface area (Å²) in [7, 11) is 1.09. The summed E-state index contributed by atoms with van der Waals surface area (Å²) in [6, 6.07) is 2.55. The molecule has 9 heteroatoms. The number of halogens is 3. The van der Waals surface area contributed by atoms with Gasteiger partial charge in [0, 0.05) is 5.70 Å². The molecule has 0 spiro atoms. The normalized spacial score (nSPS) is 18.6. The second kappa shape index (κ2) is 7.34. The Kier molecular flexibility index (Phi) is 5.11. The van der Waals surface area contributed by atoms with E-state index in [1.807, 2.05) is 12.2 Å². The molecule has 0 bridgehead atoms. The number of alkyl halides is 3. The molecule has 1 unspecified atom stereocenters. The summed E-state index contributed by atoms with van der Waals surface area (Å²) in [4.78, 5) is 24.5. The molecule has 1 aliphatic carbocycles. The summed E-state index contributed by atoms with van der Waals surface area (Å²) in [5, 5.41) is 5.69. The van der Waals surface area contributed by atoms with Gasteiger partial charge in [-0.25, -0.2) is 4.79 Å². The quantitative estimate of drug-likeness (QED) is 0.782. The lowest BCUT2D eigenvalue weighted by atomic mass is 10.0. The summed E-state index contributed by atoms with van der Waals surface area (Å²) in [6.45, 7) is 0. The molecule has 0 radical (unpaired) electrons. The molecule has 144 valence electrons. The van der Waals surface area contributed by atoms with Crippen LogP contribution >= 0.6 is 0 Å². The van der Waals surface area contributed by atoms with Gasteiger partial charge in [0.2, 0.25) is 5.91 Å². The maximum Gasteiger partial charge on any atom is 0.573 e. The fourth-order valence-electron chi connectivity index (χ4n) is 3.05. The van der Waals surface area contributed by atoms with Crippen LogP contribution in [-0.2, 0) is 9.53 Å². The molecule has 0 saturated carbocycles. The Labute approximate surface area is 153 Å². The number of nitrogens with one attached hydrogen (secondary N) is 2. The van der Waals surface area contributed by atoms with Crippen LogP contribution in [0.15, 0.2) is 41.6 Å². The van der Waals surface area contributed by atoms with Crippen LogP contribution in [0.5, 0.6) is 5.75 Å². The zero-order valence-corrected chi connectivity index (χ0v) is 14.4. The van der Waals surface area contributed by atoms with E-state index in [1.165, 1.54) is 6.07 Å². The van der Waals surface area contributed by atoms with E-state index >= 15 is 0 Å². The van der Waals surface area contributed by atoms with E-state index in [2.05, 4.69) is 20.1 Å². The average Bonchev–Trinajstić information content (AvgIpc) is 3.05. The number of allylic oxidation sites excluding steroid dienone is 2. The van der Waals surface area contributed by atoms with Crippen molar-refractivity contribution in [1.82, 2.24) is 5.32 Å². The lowest BCUT2D eigenvalue weighted by molar-refractivity contribution is -0.274. The van der Waals surface area contributed by atoms with E-state index in [4.69, 9.17) is 0 Å². The zero-order valence-electron chi connectivity index (χ0n) is 14.4. The van der Waals surface area contributed by atoms with Gasteiger partial charge in [-0.05, 0) is 49.1 Å². The second-order valence-electron chi connectivity index (χ2n) is 6.10. The number of ether oxygens (including phenoxy) is 2. The van der Waals surface area contributed by atoms with E-state index in [9.17, 15) is 22.8 Å². The van der Waals surface area contributed by atoms with Crippen molar-refractivity contribution >= 4 is 17.6 Å². The average molecular weight is 382 g/mol. The Bertz CT molecular complexity index is 830. The molecule has 3 rings (SSSR count). The smallest absolute Gasteiger partial charge is 0.465 e. The van der Waals surface area contributed by atoms with Crippen molar-refractivity contribution in [3.05, 3.63) is 47.2 Å². The van der Waals surface area contributed by atoms with Gasteiger partial charge >= 0.3 is 12.3 Å². The number of amides is 1. The summed E-state index contributed by atoms with van der Waals surface area (Å²) in [5.41, 5.74) is 1.88. The van der Waals surface area contributed by atoms with E-state index in [-0.39, 0.29) is 11.3 Å². The van der Waals surface area contributed by atoms with Crippen LogP contribution in [0.3, 0.4) is 0 Å². The molecule has 1 heterocycles. The Hall–Kier alpha value is -2.97. The number of hydrogen-bond donors (Lipinski definition) is 2. The third kappa shape index (κ3) is 4.42. The number of carbonyl (C=O) groups excluding carboxylic acids is 2. The maximum absolute atomic E-state index is 12.5. The van der Waals surface area contributed by atoms with Crippen molar-refractivity contribution in [2.75, 3.05) is 12.4 Å². The minimum atomic E-state index is -4.90. The van der Waals surface area contributed by atoms with Gasteiger partial charge in [-0.1, -0.05) is 6.08 Å². The minimum absolute atomic E-state index is 0.0450. The van der Waals surface area contributed by atoms with Gasteiger partial charge in [0.05, 0.1) is 18.4 Å². The number of methoxy groups -OCH3 is 1. The molecule has 0 saturated heterocycles. The van der Waals surface area contributed by atoms with Gasteiger partial charge in [0.15, 0.2) is 0 Å². The van der Waals surface area contributed by atoms with E-state index in [0.29, 0.717) is 6.42 Å². The first-order valence-electron chi connectivity index (χ1n) is 8.21. The second-order valence-corrected chi connectivity index (χ2v) is 6.10. The molecule has 1 aromatic rings. The van der Waals surface area contributed by atoms with Crippen molar-refractivity contribution in [3.63, 3.8) is 0 Å². The van der Waals surface area contributed by atoms with Gasteiger partial charge in [0.1, 0.15) is 11.8 Å². The number of anilines is 1. The number of rotatable bonds is 4. The highest BCUT2D eigenvalue weighted by Gasteiger charge is 2.32. The van der Waals surface area contributed by atoms with Crippen LogP contribution < -0.4 is 15.4 Å². The monoisotopic (exact) mass is 382 g/mol. The summed E-state index contributed by atoms with van der Waals surface area (Å²) in [5.74, 6) is -1.87. The SMILES string of the molecule is COC(=O)c1cc(OC(F)(F)F)ccc1NC(=O)C1CC2=C(C=CCC2)N1. The molecule has 1 atom stereocenters. The predicted molar refractivity (Wildman–Crippen MR) is 90.0 cm³/mol. The largest absolute Gasteiger partial charge is 0.573 e. The molecule has 6 nitrogen and oxygen atoms in total. The summed E-state index contributed by atoms with van der Waals surface area (Å²) >= 11 is 0. The molecule has 1 aromatic carbocycles. The van der Waals surface area contributed by atoms with Crippen LogP contribution in [0.1, 0.15) is 29.6 Å². The lowest BCUT2D eigenvalue weighted by Crippen LogP contribution is -2.36. The van der Waals surface area contributed by atoms with Gasteiger partial charge in [0.25, 0.3) is 0 Å². The number of carbonyl (C=O) groups is 2. The topological polar surface area (TPSA) is 76.7 Å². The van der Waals surface area contributed by atoms with Crippen molar-refractivity contribution in [1.29, 1.82) is 0 Å². The Morgan fingerprint density at radius 3 is 2.74 bits per heavy atom. The first-order chi connectivity index (χ1) is 12.8. The molecule has 1 amide bonds. The summed E-state index contributed by atoms with van der Waals surface area (Å²) in [6.07, 6.45) is 1.37. The first kappa shape index (κ1) is 18.8. The molecule has 0 aromatic heterocycles. The molecule has 1 aliphatic heterocycles. The third-order valence-electron chi connectivity index (χ3n) is 4.26. The van der Waals surface area contributed by atoms with Crippen LogP contribution in [-0.4, -0.2) is 31.4 Å². The Balaban J connectivity index is 1.76. The molecule has 2 N–H and O–H groups in total. The fraction of sp³-hybridized carbons (Fsp3) is 0.333. The van der Waals surface area contributed by atoms with Crippen LogP contribution in [0.25, 0.3) is 0 Å². The van der Waals surface area contributed by atoms with Gasteiger partial charge < -0.3 is 20.1 Å². The van der Waals surface area contributed by atoms with Crippen LogP contribution in [0, 0.1) is 0 Å². The van der Waals surface area contributed by atoms with E-state index in [1.54, 1.807) is 0 Å². The number of benzene rings is 1. The number of esters is 1. The maximum atomic E-state index is 12.5. The van der Waals surface area contributed by atoms with E-state index in [0.717, 1.165) is 43.4 Å². The predicted octanol–water partition coefficient (Wildman–Crippen LogP) is 3.28. The fourth-order valence-corrected chi connectivity index (χ4v) is 3.05. The highest BCUT2D eigenvalue weighted by molar-refractivity contribution is 6.03. The molecule has 0 fully saturated rings. The minimum Gasteiger partial charge on any atom is -0.465 e. The van der Waals surface area contributed by atoms with E-state index < -0.39 is 30.0 Å². The molecule has 27 heavy (non-hydrogen) atoms. The summed E-state index contributed by atoms with van der Waals surface area (Å²) < 4.78 is 45.6. The zero-order chi connectivity index (χ0) is 19.6. The highest BCUT2D eigenvalue weighted by atomic mass is 19.4. The van der Waals surface area contributed by atoms with Crippen molar-refractivity contribution in [2.45, 2.75) is 31.7 Å².